The highest BCUT2D eigenvalue weighted by Gasteiger charge is 2.24. The van der Waals surface area contributed by atoms with Gasteiger partial charge in [0.1, 0.15) is 0 Å². The highest BCUT2D eigenvalue weighted by atomic mass is 35.5. The van der Waals surface area contributed by atoms with Crippen molar-refractivity contribution in [3.05, 3.63) is 17.1 Å². The molecule has 0 spiro atoms. The molecule has 0 aliphatic carbocycles. The van der Waals surface area contributed by atoms with E-state index in [0.29, 0.717) is 24.7 Å². The highest BCUT2D eigenvalue weighted by Crippen LogP contribution is 2.41. The zero-order valence-corrected chi connectivity index (χ0v) is 12.7. The lowest BCUT2D eigenvalue weighted by molar-refractivity contribution is -0.00000520. The van der Waals surface area contributed by atoms with Gasteiger partial charge in [-0.25, -0.2) is 0 Å². The van der Waals surface area contributed by atoms with E-state index in [4.69, 9.17) is 14.9 Å². The molecular weight excluding hydrogens is 278 g/mol. The molecule has 0 bridgehead atoms. The lowest BCUT2D eigenvalue weighted by atomic mass is 10.2. The van der Waals surface area contributed by atoms with Crippen LogP contribution >= 0.6 is 0 Å². The summed E-state index contributed by atoms with van der Waals surface area (Å²) in [6.45, 7) is 7.03. The Morgan fingerprint density at radius 3 is 2.25 bits per heavy atom. The molecule has 1 aliphatic heterocycles. The molecule has 0 saturated carbocycles. The zero-order valence-electron chi connectivity index (χ0n) is 11.9. The van der Waals surface area contributed by atoms with Crippen molar-refractivity contribution >= 4 is 11.4 Å². The van der Waals surface area contributed by atoms with E-state index in [-0.39, 0.29) is 12.4 Å². The van der Waals surface area contributed by atoms with E-state index in [2.05, 4.69) is 9.88 Å². The number of rotatable bonds is 5. The Labute approximate surface area is 125 Å². The molecule has 0 N–H and O–H groups in total. The van der Waals surface area contributed by atoms with E-state index >= 15 is 0 Å². The second kappa shape index (κ2) is 7.81. The average Bonchev–Trinajstić information content (AvgIpc) is 2.94. The van der Waals surface area contributed by atoms with E-state index in [9.17, 15) is 0 Å². The van der Waals surface area contributed by atoms with Crippen LogP contribution in [0.25, 0.3) is 4.98 Å². The maximum absolute atomic E-state index is 9.07. The molecule has 0 atom stereocenters. The van der Waals surface area contributed by atoms with Crippen molar-refractivity contribution in [2.24, 2.45) is 0 Å². The molecule has 0 amide bonds. The monoisotopic (exact) mass is 297 g/mol. The second-order valence-electron chi connectivity index (χ2n) is 4.45. The van der Waals surface area contributed by atoms with Crippen LogP contribution in [0.1, 0.15) is 26.7 Å². The molecule has 0 aromatic heterocycles. The zero-order chi connectivity index (χ0) is 13.7. The summed E-state index contributed by atoms with van der Waals surface area (Å²) in [5.41, 5.74) is 1.43. The van der Waals surface area contributed by atoms with Crippen LogP contribution in [-0.4, -0.2) is 26.3 Å². The van der Waals surface area contributed by atoms with Crippen molar-refractivity contribution in [3.63, 3.8) is 0 Å². The van der Waals surface area contributed by atoms with E-state index in [1.165, 1.54) is 12.8 Å². The van der Waals surface area contributed by atoms with Crippen molar-refractivity contribution < 1.29 is 21.9 Å². The number of diazo groups is 1. The Morgan fingerprint density at radius 2 is 1.70 bits per heavy atom. The molecule has 110 valence electrons. The summed E-state index contributed by atoms with van der Waals surface area (Å²) >= 11 is 0. The lowest BCUT2D eigenvalue weighted by Crippen LogP contribution is -3.00. The molecule has 1 aromatic carbocycles. The van der Waals surface area contributed by atoms with Crippen LogP contribution in [0.3, 0.4) is 0 Å². The van der Waals surface area contributed by atoms with Crippen LogP contribution in [0.2, 0.25) is 0 Å². The Balaban J connectivity index is 0.00000200. The standard InChI is InChI=1S/C14H20N3O2.ClH/c1-3-18-13-10-12(17-7-5-6-8-17)14(19-4-2)9-11(13)16-15;/h9-10H,3-8H2,1-2H3;1H/q+1;/p-1. The number of nitrogens with zero attached hydrogens (tertiary/aromatic N) is 3. The molecule has 2 rings (SSSR count). The maximum atomic E-state index is 9.07. The molecule has 1 heterocycles. The molecule has 1 fully saturated rings. The van der Waals surface area contributed by atoms with Gasteiger partial charge in [-0.15, -0.1) is 0 Å². The van der Waals surface area contributed by atoms with Crippen LogP contribution in [0.5, 0.6) is 11.5 Å². The van der Waals surface area contributed by atoms with Gasteiger partial charge in [0.25, 0.3) is 0 Å². The van der Waals surface area contributed by atoms with Gasteiger partial charge in [-0.2, -0.15) is 0 Å². The van der Waals surface area contributed by atoms with Crippen molar-refractivity contribution in [1.29, 1.82) is 5.39 Å². The SMILES string of the molecule is CCOc1cc(N2CCCC2)c(OCC)cc1[N+]#N.[Cl-]. The summed E-state index contributed by atoms with van der Waals surface area (Å²) in [5.74, 6) is 1.34. The summed E-state index contributed by atoms with van der Waals surface area (Å²) in [4.78, 5) is 5.56. The fourth-order valence-electron chi connectivity index (χ4n) is 2.36. The Kier molecular flexibility index (Phi) is 6.40. The van der Waals surface area contributed by atoms with Gasteiger partial charge in [0, 0.05) is 19.2 Å². The number of hydrogen-bond donors (Lipinski definition) is 0. The average molecular weight is 298 g/mol. The van der Waals surface area contributed by atoms with Gasteiger partial charge in [-0.05, 0) is 26.7 Å². The molecule has 0 radical (unpaired) electrons. The molecular formula is C14H20ClN3O2. The highest BCUT2D eigenvalue weighted by molar-refractivity contribution is 5.72. The Bertz CT molecular complexity index is 482. The normalized spacial score (nSPS) is 13.6. The van der Waals surface area contributed by atoms with Gasteiger partial charge < -0.3 is 26.8 Å². The minimum atomic E-state index is 0. The van der Waals surface area contributed by atoms with Gasteiger partial charge in [0.05, 0.1) is 25.0 Å². The lowest BCUT2D eigenvalue weighted by Gasteiger charge is -2.21. The fourth-order valence-corrected chi connectivity index (χ4v) is 2.36. The molecule has 20 heavy (non-hydrogen) atoms. The fraction of sp³-hybridized carbons (Fsp3) is 0.571. The summed E-state index contributed by atoms with van der Waals surface area (Å²) in [7, 11) is 0. The largest absolute Gasteiger partial charge is 1.00 e. The molecule has 5 nitrogen and oxygen atoms in total. The second-order valence-corrected chi connectivity index (χ2v) is 4.45. The van der Waals surface area contributed by atoms with Crippen LogP contribution in [0.4, 0.5) is 11.4 Å². The molecule has 0 unspecified atom stereocenters. The molecule has 1 aromatic rings. The summed E-state index contributed by atoms with van der Waals surface area (Å²) < 4.78 is 11.2. The van der Waals surface area contributed by atoms with Crippen LogP contribution in [0, 0.1) is 5.39 Å². The number of halogens is 1. The van der Waals surface area contributed by atoms with Crippen LogP contribution < -0.4 is 26.8 Å². The smallest absolute Gasteiger partial charge is 0.430 e. The van der Waals surface area contributed by atoms with Crippen LogP contribution in [0.15, 0.2) is 12.1 Å². The first-order valence-corrected chi connectivity index (χ1v) is 6.83. The molecule has 1 saturated heterocycles. The number of anilines is 1. The predicted molar refractivity (Wildman–Crippen MR) is 75.0 cm³/mol. The van der Waals surface area contributed by atoms with Gasteiger partial charge >= 0.3 is 5.69 Å². The van der Waals surface area contributed by atoms with Gasteiger partial charge in [-0.1, -0.05) is 0 Å². The quantitative estimate of drug-likeness (QED) is 0.746. The minimum absolute atomic E-state index is 0. The van der Waals surface area contributed by atoms with E-state index in [0.717, 1.165) is 24.5 Å². The van der Waals surface area contributed by atoms with Crippen molar-refractivity contribution in [2.45, 2.75) is 26.7 Å². The maximum Gasteiger partial charge on any atom is 0.430 e. The number of benzene rings is 1. The van der Waals surface area contributed by atoms with Crippen molar-refractivity contribution in [3.8, 4) is 11.5 Å². The molecule has 1 aliphatic rings. The van der Waals surface area contributed by atoms with E-state index in [1.807, 2.05) is 19.9 Å². The van der Waals surface area contributed by atoms with Gasteiger partial charge in [0.2, 0.25) is 11.1 Å². The van der Waals surface area contributed by atoms with E-state index in [1.54, 1.807) is 6.07 Å². The van der Waals surface area contributed by atoms with E-state index < -0.39 is 0 Å². The van der Waals surface area contributed by atoms with Crippen LogP contribution in [-0.2, 0) is 0 Å². The Morgan fingerprint density at radius 1 is 1.10 bits per heavy atom. The summed E-state index contributed by atoms with van der Waals surface area (Å²) in [6.07, 6.45) is 2.39. The third-order valence-corrected chi connectivity index (χ3v) is 3.19. The summed E-state index contributed by atoms with van der Waals surface area (Å²) in [5, 5.41) is 9.07. The minimum Gasteiger partial charge on any atom is -1.00 e. The molecule has 6 heteroatoms. The van der Waals surface area contributed by atoms with Crippen molar-refractivity contribution in [2.75, 3.05) is 31.2 Å². The van der Waals surface area contributed by atoms with Gasteiger partial charge in [-0.3, -0.25) is 0 Å². The first kappa shape index (κ1) is 16.4. The third-order valence-electron chi connectivity index (χ3n) is 3.19. The number of hydrogen-bond acceptors (Lipinski definition) is 4. The first-order valence-electron chi connectivity index (χ1n) is 6.83. The first-order chi connectivity index (χ1) is 9.30. The van der Waals surface area contributed by atoms with Crippen molar-refractivity contribution in [1.82, 2.24) is 0 Å². The third kappa shape index (κ3) is 3.45. The number of ether oxygens (including phenoxy) is 2. The van der Waals surface area contributed by atoms with Gasteiger partial charge in [0.15, 0.2) is 10.7 Å². The topological polar surface area (TPSA) is 49.9 Å². The summed E-state index contributed by atoms with van der Waals surface area (Å²) in [6, 6.07) is 3.65. The predicted octanol–water partition coefficient (Wildman–Crippen LogP) is 0.573. The Hall–Kier alpha value is -1.67.